The van der Waals surface area contributed by atoms with Crippen molar-refractivity contribution in [2.24, 2.45) is 16.1 Å². The molecule has 0 aromatic heterocycles. The van der Waals surface area contributed by atoms with Gasteiger partial charge in [-0.2, -0.15) is 0 Å². The fourth-order valence-corrected chi connectivity index (χ4v) is 1.78. The zero-order valence-corrected chi connectivity index (χ0v) is 12.9. The summed E-state index contributed by atoms with van der Waals surface area (Å²) in [5.41, 5.74) is 10.3. The number of rotatable bonds is 5. The first-order valence-corrected chi connectivity index (χ1v) is 6.99. The van der Waals surface area contributed by atoms with E-state index in [9.17, 15) is 9.59 Å². The lowest BCUT2D eigenvalue weighted by molar-refractivity contribution is -0.118. The molecule has 2 aromatic rings. The third-order valence-electron chi connectivity index (χ3n) is 2.96. The second kappa shape index (κ2) is 7.63. The van der Waals surface area contributed by atoms with Gasteiger partial charge < -0.3 is 5.73 Å². The molecule has 2 rings (SSSR count). The molecule has 0 spiro atoms. The molecule has 0 aliphatic carbocycles. The Balaban J connectivity index is 1.95. The van der Waals surface area contributed by atoms with Gasteiger partial charge in [-0.05, 0) is 48.5 Å². The summed E-state index contributed by atoms with van der Waals surface area (Å²) in [5, 5.41) is 17.3. The first-order chi connectivity index (χ1) is 11.5. The molecule has 0 fully saturated rings. The quantitative estimate of drug-likeness (QED) is 0.291. The van der Waals surface area contributed by atoms with Crippen LogP contribution in [-0.2, 0) is 4.79 Å². The van der Waals surface area contributed by atoms with Crippen LogP contribution in [0.25, 0.3) is 0 Å². The lowest BCUT2D eigenvalue weighted by Gasteiger charge is -2.02. The summed E-state index contributed by atoms with van der Waals surface area (Å²) in [6.45, 7) is 1.27. The fourth-order valence-electron chi connectivity index (χ4n) is 1.78. The fraction of sp³-hybridized carbons (Fsp3) is 0.0625. The SMILES string of the molecule is CC(=O)NC(=O)c1ccc(N=NNc2ccc(C(=N)N)cc2)cc1. The molecule has 5 N–H and O–H groups in total. The van der Waals surface area contributed by atoms with Crippen molar-refractivity contribution in [2.45, 2.75) is 6.92 Å². The van der Waals surface area contributed by atoms with Gasteiger partial charge >= 0.3 is 0 Å². The van der Waals surface area contributed by atoms with E-state index in [1.54, 1.807) is 48.5 Å². The van der Waals surface area contributed by atoms with Crippen molar-refractivity contribution in [3.63, 3.8) is 0 Å². The van der Waals surface area contributed by atoms with Gasteiger partial charge in [0.2, 0.25) is 5.91 Å². The van der Waals surface area contributed by atoms with Crippen molar-refractivity contribution < 1.29 is 9.59 Å². The van der Waals surface area contributed by atoms with Crippen LogP contribution in [0.5, 0.6) is 0 Å². The molecule has 8 nitrogen and oxygen atoms in total. The molecule has 0 bridgehead atoms. The van der Waals surface area contributed by atoms with Crippen LogP contribution in [0.1, 0.15) is 22.8 Å². The van der Waals surface area contributed by atoms with E-state index in [1.165, 1.54) is 6.92 Å². The van der Waals surface area contributed by atoms with Crippen molar-refractivity contribution >= 4 is 29.0 Å². The van der Waals surface area contributed by atoms with Crippen LogP contribution >= 0.6 is 0 Å². The highest BCUT2D eigenvalue weighted by atomic mass is 16.2. The highest BCUT2D eigenvalue weighted by Crippen LogP contribution is 2.15. The molecule has 0 saturated carbocycles. The summed E-state index contributed by atoms with van der Waals surface area (Å²) in [7, 11) is 0. The average Bonchev–Trinajstić information content (AvgIpc) is 2.55. The maximum Gasteiger partial charge on any atom is 0.257 e. The van der Waals surface area contributed by atoms with Crippen LogP contribution < -0.4 is 16.5 Å². The Hall–Kier alpha value is -3.55. The molecule has 0 saturated heterocycles. The number of nitrogen functional groups attached to an aromatic ring is 1. The van der Waals surface area contributed by atoms with Gasteiger partial charge in [0.05, 0.1) is 11.4 Å². The third-order valence-corrected chi connectivity index (χ3v) is 2.96. The lowest BCUT2D eigenvalue weighted by atomic mass is 10.2. The Labute approximate surface area is 138 Å². The first kappa shape index (κ1) is 16.8. The van der Waals surface area contributed by atoms with Crippen LogP contribution in [0.2, 0.25) is 0 Å². The summed E-state index contributed by atoms with van der Waals surface area (Å²) in [5.74, 6) is -0.879. The van der Waals surface area contributed by atoms with E-state index in [4.69, 9.17) is 11.1 Å². The van der Waals surface area contributed by atoms with Gasteiger partial charge in [0.1, 0.15) is 5.84 Å². The lowest BCUT2D eigenvalue weighted by Crippen LogP contribution is -2.27. The smallest absolute Gasteiger partial charge is 0.257 e. The molecule has 24 heavy (non-hydrogen) atoms. The van der Waals surface area contributed by atoms with Gasteiger partial charge in [0.25, 0.3) is 5.91 Å². The summed E-state index contributed by atoms with van der Waals surface area (Å²) < 4.78 is 0. The molecule has 2 aromatic carbocycles. The van der Waals surface area contributed by atoms with Crippen molar-refractivity contribution in [3.05, 3.63) is 59.7 Å². The molecule has 8 heteroatoms. The van der Waals surface area contributed by atoms with Crippen molar-refractivity contribution in [2.75, 3.05) is 5.43 Å². The van der Waals surface area contributed by atoms with E-state index in [2.05, 4.69) is 21.1 Å². The number of nitrogens with one attached hydrogen (secondary N) is 3. The zero-order chi connectivity index (χ0) is 17.5. The maximum absolute atomic E-state index is 11.6. The van der Waals surface area contributed by atoms with Gasteiger partial charge in [-0.3, -0.25) is 25.7 Å². The zero-order valence-electron chi connectivity index (χ0n) is 12.9. The number of imide groups is 1. The Morgan fingerprint density at radius 2 is 1.58 bits per heavy atom. The Morgan fingerprint density at radius 1 is 1.00 bits per heavy atom. The number of nitrogens with zero attached hydrogens (tertiary/aromatic N) is 2. The molecule has 122 valence electrons. The van der Waals surface area contributed by atoms with E-state index in [-0.39, 0.29) is 5.84 Å². The minimum atomic E-state index is -0.463. The maximum atomic E-state index is 11.6. The van der Waals surface area contributed by atoms with E-state index >= 15 is 0 Å². The summed E-state index contributed by atoms with van der Waals surface area (Å²) in [6, 6.07) is 13.2. The second-order valence-electron chi connectivity index (χ2n) is 4.86. The Morgan fingerprint density at radius 3 is 2.12 bits per heavy atom. The van der Waals surface area contributed by atoms with Crippen LogP contribution in [0.3, 0.4) is 0 Å². The number of hydrogen-bond acceptors (Lipinski definition) is 5. The monoisotopic (exact) mass is 324 g/mol. The average molecular weight is 324 g/mol. The molecule has 0 heterocycles. The minimum Gasteiger partial charge on any atom is -0.384 e. The molecule has 2 amide bonds. The predicted molar refractivity (Wildman–Crippen MR) is 90.2 cm³/mol. The Kier molecular flexibility index (Phi) is 5.35. The summed E-state index contributed by atoms with van der Waals surface area (Å²) >= 11 is 0. The normalized spacial score (nSPS) is 10.4. The van der Waals surface area contributed by atoms with E-state index in [0.717, 1.165) is 0 Å². The topological polar surface area (TPSA) is 133 Å². The van der Waals surface area contributed by atoms with Crippen molar-refractivity contribution in [1.82, 2.24) is 5.32 Å². The van der Waals surface area contributed by atoms with Gasteiger partial charge in [-0.1, -0.05) is 5.22 Å². The minimum absolute atomic E-state index is 0.00271. The number of carbonyl (C=O) groups is 2. The number of nitrogens with two attached hydrogens (primary N) is 1. The van der Waals surface area contributed by atoms with E-state index < -0.39 is 11.8 Å². The van der Waals surface area contributed by atoms with Gasteiger partial charge in [0.15, 0.2) is 0 Å². The summed E-state index contributed by atoms with van der Waals surface area (Å²) in [6.07, 6.45) is 0. The second-order valence-corrected chi connectivity index (χ2v) is 4.86. The van der Waals surface area contributed by atoms with E-state index in [0.29, 0.717) is 22.5 Å². The van der Waals surface area contributed by atoms with Gasteiger partial charge in [0, 0.05) is 18.1 Å². The number of carbonyl (C=O) groups excluding carboxylic acids is 2. The van der Waals surface area contributed by atoms with Crippen molar-refractivity contribution in [1.29, 1.82) is 5.41 Å². The largest absolute Gasteiger partial charge is 0.384 e. The number of hydrogen-bond donors (Lipinski definition) is 4. The molecule has 0 atom stereocenters. The standard InChI is InChI=1S/C16H16N6O2/c1-10(23)19-16(24)12-4-8-14(9-5-12)21-22-20-13-6-2-11(3-7-13)15(17)18/h2-9H,1H3,(H3,17,18)(H,20,21)(H,19,23,24). The third kappa shape index (κ3) is 4.73. The van der Waals surface area contributed by atoms with Crippen LogP contribution in [-0.4, -0.2) is 17.6 Å². The molecule has 0 aliphatic heterocycles. The molecule has 0 unspecified atom stereocenters. The van der Waals surface area contributed by atoms with Crippen LogP contribution in [0, 0.1) is 5.41 Å². The Bertz CT molecular complexity index is 781. The van der Waals surface area contributed by atoms with Gasteiger partial charge in [-0.15, -0.1) is 5.11 Å². The number of benzene rings is 2. The molecular weight excluding hydrogens is 308 g/mol. The molecular formula is C16H16N6O2. The van der Waals surface area contributed by atoms with Crippen molar-refractivity contribution in [3.8, 4) is 0 Å². The number of amidine groups is 1. The number of amides is 2. The highest BCUT2D eigenvalue weighted by Gasteiger charge is 2.06. The first-order valence-electron chi connectivity index (χ1n) is 6.99. The molecule has 0 aliphatic rings. The predicted octanol–water partition coefficient (Wildman–Crippen LogP) is 2.36. The van der Waals surface area contributed by atoms with E-state index in [1.807, 2.05) is 0 Å². The number of anilines is 1. The summed E-state index contributed by atoms with van der Waals surface area (Å²) in [4.78, 5) is 22.5. The van der Waals surface area contributed by atoms with Crippen LogP contribution in [0.4, 0.5) is 11.4 Å². The van der Waals surface area contributed by atoms with Gasteiger partial charge in [-0.25, -0.2) is 0 Å². The van der Waals surface area contributed by atoms with Crippen LogP contribution in [0.15, 0.2) is 58.9 Å². The highest BCUT2D eigenvalue weighted by molar-refractivity contribution is 6.04. The molecule has 0 radical (unpaired) electrons.